The quantitative estimate of drug-likeness (QED) is 0.563. The zero-order valence-corrected chi connectivity index (χ0v) is 8.55. The summed E-state index contributed by atoms with van der Waals surface area (Å²) in [6, 6.07) is 0.00815. The van der Waals surface area contributed by atoms with Gasteiger partial charge < -0.3 is 15.7 Å². The highest BCUT2D eigenvalue weighted by Gasteiger charge is 2.47. The van der Waals surface area contributed by atoms with Crippen molar-refractivity contribution in [1.82, 2.24) is 10.6 Å². The van der Waals surface area contributed by atoms with E-state index in [1.807, 2.05) is 0 Å². The van der Waals surface area contributed by atoms with E-state index in [1.165, 1.54) is 0 Å². The maximum Gasteiger partial charge on any atom is 0.320 e. The zero-order chi connectivity index (χ0) is 10.2. The Morgan fingerprint density at radius 2 is 2.07 bits per heavy atom. The van der Waals surface area contributed by atoms with Gasteiger partial charge in [0.1, 0.15) is 6.04 Å². The third-order valence-electron chi connectivity index (χ3n) is 3.88. The molecular formula is C10H18N2O2. The number of hydrogen-bond donors (Lipinski definition) is 3. The van der Waals surface area contributed by atoms with E-state index in [2.05, 4.69) is 17.6 Å². The lowest BCUT2D eigenvalue weighted by Gasteiger charge is -2.37. The molecule has 0 aliphatic carbocycles. The van der Waals surface area contributed by atoms with Crippen molar-refractivity contribution in [3.05, 3.63) is 0 Å². The van der Waals surface area contributed by atoms with Crippen molar-refractivity contribution in [2.24, 2.45) is 5.41 Å². The molecule has 2 unspecified atom stereocenters. The van der Waals surface area contributed by atoms with Gasteiger partial charge in [-0.05, 0) is 44.7 Å². The number of nitrogens with one attached hydrogen (secondary N) is 2. The number of hydrogen-bond acceptors (Lipinski definition) is 3. The molecule has 3 N–H and O–H groups in total. The Morgan fingerprint density at radius 1 is 1.43 bits per heavy atom. The second-order valence-electron chi connectivity index (χ2n) is 4.60. The Balaban J connectivity index is 2.08. The van der Waals surface area contributed by atoms with Gasteiger partial charge in [0.2, 0.25) is 0 Å². The van der Waals surface area contributed by atoms with E-state index in [0.717, 1.165) is 32.4 Å². The average molecular weight is 198 g/mol. The van der Waals surface area contributed by atoms with Gasteiger partial charge in [0, 0.05) is 6.04 Å². The fourth-order valence-electron chi connectivity index (χ4n) is 2.84. The van der Waals surface area contributed by atoms with Crippen molar-refractivity contribution in [2.45, 2.75) is 38.3 Å². The summed E-state index contributed by atoms with van der Waals surface area (Å²) in [6.07, 6.45) is 3.00. The summed E-state index contributed by atoms with van der Waals surface area (Å²) in [7, 11) is 0. The molecule has 2 saturated heterocycles. The molecule has 2 heterocycles. The third kappa shape index (κ3) is 1.53. The number of rotatable bonds is 1. The monoisotopic (exact) mass is 198 g/mol. The van der Waals surface area contributed by atoms with Gasteiger partial charge in [-0.25, -0.2) is 0 Å². The minimum Gasteiger partial charge on any atom is -0.480 e. The maximum absolute atomic E-state index is 10.9. The molecule has 2 fully saturated rings. The van der Waals surface area contributed by atoms with Crippen LogP contribution in [0.15, 0.2) is 0 Å². The van der Waals surface area contributed by atoms with E-state index in [-0.39, 0.29) is 11.5 Å². The summed E-state index contributed by atoms with van der Waals surface area (Å²) >= 11 is 0. The summed E-state index contributed by atoms with van der Waals surface area (Å²) in [4.78, 5) is 10.9. The summed E-state index contributed by atoms with van der Waals surface area (Å²) in [5.74, 6) is -0.702. The topological polar surface area (TPSA) is 61.4 Å². The van der Waals surface area contributed by atoms with Gasteiger partial charge in [0.05, 0.1) is 0 Å². The summed E-state index contributed by atoms with van der Waals surface area (Å²) in [6.45, 7) is 4.17. The number of carboxylic acids is 1. The van der Waals surface area contributed by atoms with E-state index in [1.54, 1.807) is 0 Å². The van der Waals surface area contributed by atoms with Crippen LogP contribution in [-0.4, -0.2) is 36.2 Å². The van der Waals surface area contributed by atoms with Crippen LogP contribution in [0.2, 0.25) is 0 Å². The van der Waals surface area contributed by atoms with Crippen LogP contribution < -0.4 is 10.6 Å². The Labute approximate surface area is 84.1 Å². The van der Waals surface area contributed by atoms with Crippen LogP contribution in [0.4, 0.5) is 0 Å². The van der Waals surface area contributed by atoms with E-state index in [0.29, 0.717) is 6.04 Å². The van der Waals surface area contributed by atoms with Crippen LogP contribution in [0.25, 0.3) is 0 Å². The molecule has 0 bridgehead atoms. The first-order chi connectivity index (χ1) is 6.64. The van der Waals surface area contributed by atoms with Crippen molar-refractivity contribution >= 4 is 5.97 Å². The standard InChI is InChI=1S/C10H18N2O2/c1-7-10(2-4-11-5-3-10)6-8(12-7)9(13)14/h7-8,11-12H,2-6H2,1H3,(H,13,14). The van der Waals surface area contributed by atoms with Crippen LogP contribution in [0.3, 0.4) is 0 Å². The van der Waals surface area contributed by atoms with Gasteiger partial charge in [0.15, 0.2) is 0 Å². The van der Waals surface area contributed by atoms with Gasteiger partial charge in [-0.2, -0.15) is 0 Å². The highest BCUT2D eigenvalue weighted by atomic mass is 16.4. The van der Waals surface area contributed by atoms with E-state index >= 15 is 0 Å². The molecule has 2 atom stereocenters. The Bertz CT molecular complexity index is 236. The molecule has 0 aromatic carbocycles. The summed E-state index contributed by atoms with van der Waals surface area (Å²) < 4.78 is 0. The molecule has 14 heavy (non-hydrogen) atoms. The van der Waals surface area contributed by atoms with Crippen LogP contribution in [0.5, 0.6) is 0 Å². The molecule has 0 aromatic rings. The largest absolute Gasteiger partial charge is 0.480 e. The highest BCUT2D eigenvalue weighted by molar-refractivity contribution is 5.74. The lowest BCUT2D eigenvalue weighted by molar-refractivity contribution is -0.139. The predicted molar refractivity (Wildman–Crippen MR) is 53.2 cm³/mol. The Hall–Kier alpha value is -0.610. The van der Waals surface area contributed by atoms with Crippen molar-refractivity contribution in [3.8, 4) is 0 Å². The van der Waals surface area contributed by atoms with Crippen LogP contribution >= 0.6 is 0 Å². The predicted octanol–water partition coefficient (Wildman–Crippen LogP) is 0.191. The maximum atomic E-state index is 10.9. The summed E-state index contributed by atoms with van der Waals surface area (Å²) in [5, 5.41) is 15.5. The Kier molecular flexibility index (Phi) is 2.49. The molecular weight excluding hydrogens is 180 g/mol. The minimum atomic E-state index is -0.702. The van der Waals surface area contributed by atoms with Gasteiger partial charge in [0.25, 0.3) is 0 Å². The zero-order valence-electron chi connectivity index (χ0n) is 8.55. The normalized spacial score (nSPS) is 36.1. The first kappa shape index (κ1) is 9.93. The second kappa shape index (κ2) is 3.51. The molecule has 2 aliphatic heterocycles. The first-order valence-electron chi connectivity index (χ1n) is 5.34. The first-order valence-corrected chi connectivity index (χ1v) is 5.34. The highest BCUT2D eigenvalue weighted by Crippen LogP contribution is 2.41. The van der Waals surface area contributed by atoms with Crippen LogP contribution in [0.1, 0.15) is 26.2 Å². The molecule has 4 heteroatoms. The molecule has 0 aromatic heterocycles. The SMILES string of the molecule is CC1NC(C(=O)O)CC12CCNCC2. The molecule has 2 rings (SSSR count). The van der Waals surface area contributed by atoms with Crippen molar-refractivity contribution < 1.29 is 9.90 Å². The van der Waals surface area contributed by atoms with Crippen molar-refractivity contribution in [1.29, 1.82) is 0 Å². The summed E-state index contributed by atoms with van der Waals surface area (Å²) in [5.41, 5.74) is 0.230. The lowest BCUT2D eigenvalue weighted by Crippen LogP contribution is -2.43. The molecule has 4 nitrogen and oxygen atoms in total. The minimum absolute atomic E-state index is 0.230. The van der Waals surface area contributed by atoms with E-state index in [9.17, 15) is 4.79 Å². The van der Waals surface area contributed by atoms with E-state index < -0.39 is 5.97 Å². The van der Waals surface area contributed by atoms with Gasteiger partial charge in [-0.1, -0.05) is 0 Å². The molecule has 0 radical (unpaired) electrons. The lowest BCUT2D eigenvalue weighted by atomic mass is 9.73. The molecule has 0 saturated carbocycles. The van der Waals surface area contributed by atoms with Crippen LogP contribution in [-0.2, 0) is 4.79 Å². The fraction of sp³-hybridized carbons (Fsp3) is 0.900. The smallest absolute Gasteiger partial charge is 0.320 e. The molecule has 2 aliphatic rings. The second-order valence-corrected chi connectivity index (χ2v) is 4.60. The number of aliphatic carboxylic acids is 1. The van der Waals surface area contributed by atoms with Crippen LogP contribution in [0, 0.1) is 5.41 Å². The van der Waals surface area contributed by atoms with Crippen molar-refractivity contribution in [2.75, 3.05) is 13.1 Å². The van der Waals surface area contributed by atoms with Gasteiger partial charge >= 0.3 is 5.97 Å². The molecule has 0 amide bonds. The van der Waals surface area contributed by atoms with Gasteiger partial charge in [-0.3, -0.25) is 4.79 Å². The molecule has 1 spiro atoms. The van der Waals surface area contributed by atoms with Crippen molar-refractivity contribution in [3.63, 3.8) is 0 Å². The average Bonchev–Trinajstić information content (AvgIpc) is 2.46. The number of piperidine rings is 1. The Morgan fingerprint density at radius 3 is 2.57 bits per heavy atom. The van der Waals surface area contributed by atoms with E-state index in [4.69, 9.17) is 5.11 Å². The number of carboxylic acid groups (broad SMARTS) is 1. The van der Waals surface area contributed by atoms with Gasteiger partial charge in [-0.15, -0.1) is 0 Å². The third-order valence-corrected chi connectivity index (χ3v) is 3.88. The molecule has 80 valence electrons. The fourth-order valence-corrected chi connectivity index (χ4v) is 2.84. The number of carbonyl (C=O) groups is 1.